The lowest BCUT2D eigenvalue weighted by atomic mass is 10.0. The second-order valence-corrected chi connectivity index (χ2v) is 21.7. The van der Waals surface area contributed by atoms with Crippen LogP contribution in [0.3, 0.4) is 0 Å². The van der Waals surface area contributed by atoms with Crippen LogP contribution in [0.4, 0.5) is 0 Å². The lowest BCUT2D eigenvalue weighted by Gasteiger charge is -2.18. The van der Waals surface area contributed by atoms with Gasteiger partial charge in [-0.2, -0.15) is 0 Å². The number of esters is 3. The zero-order valence-corrected chi connectivity index (χ0v) is 44.8. The van der Waals surface area contributed by atoms with E-state index in [1.807, 2.05) is 0 Å². The fourth-order valence-corrected chi connectivity index (χ4v) is 9.00. The van der Waals surface area contributed by atoms with Gasteiger partial charge in [-0.15, -0.1) is 0 Å². The lowest BCUT2D eigenvalue weighted by Crippen LogP contribution is -2.30. The summed E-state index contributed by atoms with van der Waals surface area (Å²) in [6.07, 6.45) is 52.3. The van der Waals surface area contributed by atoms with Gasteiger partial charge in [-0.25, -0.2) is 0 Å². The van der Waals surface area contributed by atoms with Crippen molar-refractivity contribution in [1.29, 1.82) is 0 Å². The van der Waals surface area contributed by atoms with E-state index in [0.717, 1.165) is 75.5 Å². The fourth-order valence-electron chi connectivity index (χ4n) is 9.00. The second-order valence-electron chi connectivity index (χ2n) is 21.7. The van der Waals surface area contributed by atoms with Crippen LogP contribution in [0, 0.1) is 17.8 Å². The average molecular weight is 920 g/mol. The van der Waals surface area contributed by atoms with E-state index in [1.165, 1.54) is 205 Å². The Morgan fingerprint density at radius 3 is 0.662 bits per heavy atom. The molecule has 6 heteroatoms. The van der Waals surface area contributed by atoms with Gasteiger partial charge in [0, 0.05) is 19.3 Å². The largest absolute Gasteiger partial charge is 0.462 e. The molecule has 0 N–H and O–H groups in total. The van der Waals surface area contributed by atoms with Crippen LogP contribution in [0.1, 0.15) is 324 Å². The molecule has 0 radical (unpaired) electrons. The summed E-state index contributed by atoms with van der Waals surface area (Å²) in [7, 11) is 0. The highest BCUT2D eigenvalue weighted by Gasteiger charge is 2.19. The maximum absolute atomic E-state index is 12.8. The molecule has 65 heavy (non-hydrogen) atoms. The molecule has 0 aromatic rings. The Bertz CT molecular complexity index is 1010. The molecule has 0 aromatic carbocycles. The Balaban J connectivity index is 4.30. The van der Waals surface area contributed by atoms with Crippen LogP contribution in [-0.2, 0) is 28.6 Å². The van der Waals surface area contributed by atoms with Crippen molar-refractivity contribution in [3.05, 3.63) is 0 Å². The summed E-state index contributed by atoms with van der Waals surface area (Å²) in [4.78, 5) is 38.2. The van der Waals surface area contributed by atoms with Gasteiger partial charge in [0.2, 0.25) is 0 Å². The molecule has 0 heterocycles. The first kappa shape index (κ1) is 63.4. The molecular weight excluding hydrogens is 805 g/mol. The van der Waals surface area contributed by atoms with Crippen LogP contribution >= 0.6 is 0 Å². The van der Waals surface area contributed by atoms with E-state index in [9.17, 15) is 14.4 Å². The molecule has 0 amide bonds. The van der Waals surface area contributed by atoms with Gasteiger partial charge in [0.1, 0.15) is 13.2 Å². The molecule has 0 spiro atoms. The number of hydrogen-bond donors (Lipinski definition) is 0. The van der Waals surface area contributed by atoms with Gasteiger partial charge in [0.15, 0.2) is 6.10 Å². The molecule has 0 rings (SSSR count). The number of ether oxygens (including phenoxy) is 3. The predicted octanol–water partition coefficient (Wildman–Crippen LogP) is 19.1. The van der Waals surface area contributed by atoms with Gasteiger partial charge in [-0.05, 0) is 37.0 Å². The van der Waals surface area contributed by atoms with Crippen molar-refractivity contribution in [2.24, 2.45) is 17.8 Å². The van der Waals surface area contributed by atoms with Crippen LogP contribution in [0.25, 0.3) is 0 Å². The Morgan fingerprint density at radius 2 is 0.446 bits per heavy atom. The minimum atomic E-state index is -0.764. The monoisotopic (exact) mass is 919 g/mol. The Morgan fingerprint density at radius 1 is 0.262 bits per heavy atom. The topological polar surface area (TPSA) is 78.9 Å². The summed E-state index contributed by atoms with van der Waals surface area (Å²) >= 11 is 0. The predicted molar refractivity (Wildman–Crippen MR) is 279 cm³/mol. The quantitative estimate of drug-likeness (QED) is 0.0344. The molecule has 386 valence electrons. The summed E-state index contributed by atoms with van der Waals surface area (Å²) in [5.74, 6) is 1.67. The maximum atomic E-state index is 12.8. The molecule has 0 saturated carbocycles. The van der Waals surface area contributed by atoms with Crippen LogP contribution in [0.15, 0.2) is 0 Å². The molecule has 0 aliphatic rings. The van der Waals surface area contributed by atoms with Gasteiger partial charge < -0.3 is 14.2 Å². The van der Waals surface area contributed by atoms with E-state index in [0.29, 0.717) is 19.3 Å². The van der Waals surface area contributed by atoms with Crippen molar-refractivity contribution in [3.63, 3.8) is 0 Å². The van der Waals surface area contributed by atoms with Crippen molar-refractivity contribution >= 4 is 17.9 Å². The third-order valence-electron chi connectivity index (χ3n) is 13.4. The Kier molecular flexibility index (Phi) is 49.1. The second kappa shape index (κ2) is 50.3. The molecular formula is C59H114O6. The van der Waals surface area contributed by atoms with E-state index in [2.05, 4.69) is 41.5 Å². The fraction of sp³-hybridized carbons (Fsp3) is 0.949. The van der Waals surface area contributed by atoms with Crippen LogP contribution in [-0.4, -0.2) is 37.2 Å². The molecule has 0 aliphatic heterocycles. The summed E-state index contributed by atoms with van der Waals surface area (Å²) in [6.45, 7) is 13.8. The van der Waals surface area contributed by atoms with Crippen molar-refractivity contribution < 1.29 is 28.6 Å². The van der Waals surface area contributed by atoms with E-state index in [1.54, 1.807) is 0 Å². The SMILES string of the molecule is CC(C)CCCCCCCCCCCCCCCCC(=O)OC[C@@H](COC(=O)CCCCCCCCCCCCCCC(C)C)OC(=O)CCCCCCCCCCCCCCC(C)C. The Hall–Kier alpha value is -1.59. The maximum Gasteiger partial charge on any atom is 0.306 e. The standard InChI is InChI=1S/C59H114O6/c1-53(2)45-39-33-27-21-15-9-7-8-10-18-24-30-36-42-48-57(60)63-51-56(65-59(62)50-44-38-32-26-20-14-12-17-23-29-35-41-47-55(5)6)52-64-58(61)49-43-37-31-25-19-13-11-16-22-28-34-40-46-54(3)4/h53-56H,7-52H2,1-6H3/t56-/m0/s1. The first-order valence-corrected chi connectivity index (χ1v) is 29.1. The summed E-state index contributed by atoms with van der Waals surface area (Å²) in [6, 6.07) is 0. The number of hydrogen-bond acceptors (Lipinski definition) is 6. The van der Waals surface area contributed by atoms with Gasteiger partial charge in [0.05, 0.1) is 0 Å². The smallest absolute Gasteiger partial charge is 0.306 e. The first-order chi connectivity index (χ1) is 31.6. The average Bonchev–Trinajstić information content (AvgIpc) is 3.26. The van der Waals surface area contributed by atoms with Crippen molar-refractivity contribution in [3.8, 4) is 0 Å². The molecule has 0 fully saturated rings. The van der Waals surface area contributed by atoms with E-state index >= 15 is 0 Å². The molecule has 0 aromatic heterocycles. The van der Waals surface area contributed by atoms with Crippen LogP contribution in [0.2, 0.25) is 0 Å². The highest BCUT2D eigenvalue weighted by atomic mass is 16.6. The first-order valence-electron chi connectivity index (χ1n) is 29.1. The normalized spacial score (nSPS) is 12.1. The number of rotatable bonds is 52. The number of carbonyl (C=O) groups excluding carboxylic acids is 3. The van der Waals surface area contributed by atoms with E-state index in [4.69, 9.17) is 14.2 Å². The Labute approximate surface area is 406 Å². The van der Waals surface area contributed by atoms with Crippen molar-refractivity contribution in [2.45, 2.75) is 330 Å². The van der Waals surface area contributed by atoms with Gasteiger partial charge in [-0.3, -0.25) is 14.4 Å². The molecule has 0 saturated heterocycles. The number of carbonyl (C=O) groups is 3. The highest BCUT2D eigenvalue weighted by Crippen LogP contribution is 2.18. The number of unbranched alkanes of at least 4 members (excludes halogenated alkanes) is 35. The summed E-state index contributed by atoms with van der Waals surface area (Å²) in [5, 5.41) is 0. The zero-order valence-electron chi connectivity index (χ0n) is 44.8. The lowest BCUT2D eigenvalue weighted by molar-refractivity contribution is -0.167. The van der Waals surface area contributed by atoms with Crippen molar-refractivity contribution in [2.75, 3.05) is 13.2 Å². The van der Waals surface area contributed by atoms with Crippen LogP contribution < -0.4 is 0 Å². The third kappa shape index (κ3) is 53.2. The molecule has 0 aliphatic carbocycles. The zero-order chi connectivity index (χ0) is 47.7. The van der Waals surface area contributed by atoms with E-state index < -0.39 is 6.10 Å². The van der Waals surface area contributed by atoms with Crippen molar-refractivity contribution in [1.82, 2.24) is 0 Å². The highest BCUT2D eigenvalue weighted by molar-refractivity contribution is 5.71. The minimum Gasteiger partial charge on any atom is -0.462 e. The van der Waals surface area contributed by atoms with Crippen LogP contribution in [0.5, 0.6) is 0 Å². The molecule has 0 bridgehead atoms. The third-order valence-corrected chi connectivity index (χ3v) is 13.4. The molecule has 1 atom stereocenters. The minimum absolute atomic E-state index is 0.0634. The van der Waals surface area contributed by atoms with Gasteiger partial charge >= 0.3 is 17.9 Å². The van der Waals surface area contributed by atoms with Gasteiger partial charge in [0.25, 0.3) is 0 Å². The molecule has 0 unspecified atom stereocenters. The van der Waals surface area contributed by atoms with E-state index in [-0.39, 0.29) is 31.1 Å². The van der Waals surface area contributed by atoms with Gasteiger partial charge in [-0.1, -0.05) is 286 Å². The summed E-state index contributed by atoms with van der Waals surface area (Å²) in [5.41, 5.74) is 0. The summed E-state index contributed by atoms with van der Waals surface area (Å²) < 4.78 is 16.9. The molecule has 6 nitrogen and oxygen atoms in total.